The monoisotopic (exact) mass is 456 g/mol. The fourth-order valence-corrected chi connectivity index (χ4v) is 4.11. The molecule has 34 heavy (non-hydrogen) atoms. The lowest BCUT2D eigenvalue weighted by atomic mass is 9.95. The largest absolute Gasteiger partial charge is 0.462 e. The van der Waals surface area contributed by atoms with Gasteiger partial charge in [0.15, 0.2) is 0 Å². The molecule has 0 spiro atoms. The molecule has 0 aliphatic carbocycles. The molecule has 174 valence electrons. The molecular formula is C28H28N2O4. The van der Waals surface area contributed by atoms with E-state index in [1.165, 1.54) is 0 Å². The van der Waals surface area contributed by atoms with Crippen molar-refractivity contribution < 1.29 is 19.1 Å². The van der Waals surface area contributed by atoms with Crippen LogP contribution in [0.2, 0.25) is 0 Å². The van der Waals surface area contributed by atoms with E-state index in [2.05, 4.69) is 5.32 Å². The summed E-state index contributed by atoms with van der Waals surface area (Å²) in [4.78, 5) is 39.2. The average Bonchev–Trinajstić information content (AvgIpc) is 2.89. The highest BCUT2D eigenvalue weighted by Crippen LogP contribution is 2.23. The Kier molecular flexibility index (Phi) is 7.38. The van der Waals surface area contributed by atoms with Crippen molar-refractivity contribution in [3.8, 4) is 11.1 Å². The zero-order chi connectivity index (χ0) is 23.9. The fourth-order valence-electron chi connectivity index (χ4n) is 4.11. The minimum Gasteiger partial charge on any atom is -0.462 e. The van der Waals surface area contributed by atoms with Crippen LogP contribution in [0.15, 0.2) is 78.9 Å². The van der Waals surface area contributed by atoms with E-state index < -0.39 is 0 Å². The molecule has 0 saturated carbocycles. The summed E-state index contributed by atoms with van der Waals surface area (Å²) in [6.07, 6.45) is 1.22. The van der Waals surface area contributed by atoms with Crippen molar-refractivity contribution in [2.75, 3.05) is 25.0 Å². The van der Waals surface area contributed by atoms with Gasteiger partial charge in [0.1, 0.15) is 0 Å². The molecule has 3 aromatic rings. The Balaban J connectivity index is 1.29. The first-order chi connectivity index (χ1) is 16.5. The number of nitrogens with one attached hydrogen (secondary N) is 1. The lowest BCUT2D eigenvalue weighted by Crippen LogP contribution is -2.41. The van der Waals surface area contributed by atoms with Crippen LogP contribution in [-0.4, -0.2) is 42.4 Å². The predicted molar refractivity (Wildman–Crippen MR) is 132 cm³/mol. The first-order valence-corrected chi connectivity index (χ1v) is 11.6. The third kappa shape index (κ3) is 5.52. The van der Waals surface area contributed by atoms with E-state index in [9.17, 15) is 14.4 Å². The van der Waals surface area contributed by atoms with Gasteiger partial charge in [0.2, 0.25) is 5.91 Å². The van der Waals surface area contributed by atoms with E-state index in [4.69, 9.17) is 4.74 Å². The van der Waals surface area contributed by atoms with Crippen LogP contribution < -0.4 is 5.32 Å². The zero-order valence-electron chi connectivity index (χ0n) is 19.2. The number of esters is 1. The van der Waals surface area contributed by atoms with E-state index in [0.29, 0.717) is 49.4 Å². The Labute approximate surface area is 199 Å². The topological polar surface area (TPSA) is 75.7 Å². The standard InChI is InChI=1S/C28H28N2O4/c1-2-34-28(33)24-12-14-25(15-13-24)29-26(31)22-16-18-30(19-17-22)27(32)23-10-8-21(9-11-23)20-6-4-3-5-7-20/h3-15,22H,2,16-19H2,1H3,(H,29,31). The molecule has 3 aromatic carbocycles. The highest BCUT2D eigenvalue weighted by molar-refractivity contribution is 5.96. The van der Waals surface area contributed by atoms with Crippen molar-refractivity contribution in [2.24, 2.45) is 5.92 Å². The van der Waals surface area contributed by atoms with E-state index in [-0.39, 0.29) is 23.7 Å². The van der Waals surface area contributed by atoms with Crippen LogP contribution in [0.3, 0.4) is 0 Å². The van der Waals surface area contributed by atoms with Crippen molar-refractivity contribution in [3.63, 3.8) is 0 Å². The molecule has 4 rings (SSSR count). The highest BCUT2D eigenvalue weighted by atomic mass is 16.5. The van der Waals surface area contributed by atoms with E-state index in [0.717, 1.165) is 11.1 Å². The maximum Gasteiger partial charge on any atom is 0.338 e. The molecule has 0 bridgehead atoms. The summed E-state index contributed by atoms with van der Waals surface area (Å²) in [6, 6.07) is 24.4. The van der Waals surface area contributed by atoms with Gasteiger partial charge in [-0.15, -0.1) is 0 Å². The molecular weight excluding hydrogens is 428 g/mol. The van der Waals surface area contributed by atoms with E-state index >= 15 is 0 Å². The quantitative estimate of drug-likeness (QED) is 0.529. The highest BCUT2D eigenvalue weighted by Gasteiger charge is 2.28. The molecule has 1 aliphatic rings. The number of rotatable bonds is 6. The van der Waals surface area contributed by atoms with Gasteiger partial charge >= 0.3 is 5.97 Å². The number of likely N-dealkylation sites (tertiary alicyclic amines) is 1. The summed E-state index contributed by atoms with van der Waals surface area (Å²) in [5, 5.41) is 2.91. The molecule has 0 unspecified atom stereocenters. The van der Waals surface area contributed by atoms with E-state index in [1.807, 2.05) is 59.5 Å². The number of carbonyl (C=O) groups excluding carboxylic acids is 3. The van der Waals surface area contributed by atoms with Crippen molar-refractivity contribution >= 4 is 23.5 Å². The molecule has 6 nitrogen and oxygen atoms in total. The summed E-state index contributed by atoms with van der Waals surface area (Å²) < 4.78 is 4.97. The third-order valence-electron chi connectivity index (χ3n) is 6.06. The summed E-state index contributed by atoms with van der Waals surface area (Å²) >= 11 is 0. The van der Waals surface area contributed by atoms with E-state index in [1.54, 1.807) is 31.2 Å². The Morgan fingerprint density at radius 1 is 0.824 bits per heavy atom. The van der Waals surface area contributed by atoms with Gasteiger partial charge in [-0.25, -0.2) is 4.79 Å². The number of anilines is 1. The Morgan fingerprint density at radius 3 is 2.03 bits per heavy atom. The molecule has 1 N–H and O–H groups in total. The van der Waals surface area contributed by atoms with Gasteiger partial charge in [0.25, 0.3) is 5.91 Å². The van der Waals surface area contributed by atoms with Crippen LogP contribution in [0.5, 0.6) is 0 Å². The van der Waals surface area contributed by atoms with Crippen LogP contribution in [0.25, 0.3) is 11.1 Å². The normalized spacial score (nSPS) is 13.9. The van der Waals surface area contributed by atoms with Crippen molar-refractivity contribution in [3.05, 3.63) is 90.0 Å². The predicted octanol–water partition coefficient (Wildman–Crippen LogP) is 5.02. The van der Waals surface area contributed by atoms with Gasteiger partial charge < -0.3 is 15.0 Å². The second-order valence-corrected chi connectivity index (χ2v) is 8.30. The lowest BCUT2D eigenvalue weighted by molar-refractivity contribution is -0.121. The van der Waals surface area contributed by atoms with Gasteiger partial charge in [-0.1, -0.05) is 42.5 Å². The third-order valence-corrected chi connectivity index (χ3v) is 6.06. The number of hydrogen-bond donors (Lipinski definition) is 1. The fraction of sp³-hybridized carbons (Fsp3) is 0.250. The van der Waals surface area contributed by atoms with Crippen LogP contribution >= 0.6 is 0 Å². The van der Waals surface area contributed by atoms with Gasteiger partial charge in [0.05, 0.1) is 12.2 Å². The van der Waals surface area contributed by atoms with Crippen molar-refractivity contribution in [2.45, 2.75) is 19.8 Å². The van der Waals surface area contributed by atoms with Crippen LogP contribution in [0.4, 0.5) is 5.69 Å². The first-order valence-electron chi connectivity index (χ1n) is 11.6. The number of piperidine rings is 1. The SMILES string of the molecule is CCOC(=O)c1ccc(NC(=O)C2CCN(C(=O)c3ccc(-c4ccccc4)cc3)CC2)cc1. The Hall–Kier alpha value is -3.93. The molecule has 1 fully saturated rings. The summed E-state index contributed by atoms with van der Waals surface area (Å²) in [5.74, 6) is -0.613. The number of ether oxygens (including phenoxy) is 1. The number of nitrogens with zero attached hydrogens (tertiary/aromatic N) is 1. The van der Waals surface area contributed by atoms with Crippen LogP contribution in [0.1, 0.15) is 40.5 Å². The molecule has 1 saturated heterocycles. The molecule has 6 heteroatoms. The molecule has 0 aromatic heterocycles. The molecule has 0 radical (unpaired) electrons. The molecule has 0 atom stereocenters. The maximum atomic E-state index is 12.9. The van der Waals surface area contributed by atoms with Gasteiger partial charge in [0, 0.05) is 30.3 Å². The molecule has 1 heterocycles. The first kappa shape index (κ1) is 23.2. The molecule has 2 amide bonds. The number of hydrogen-bond acceptors (Lipinski definition) is 4. The zero-order valence-corrected chi connectivity index (χ0v) is 19.2. The summed E-state index contributed by atoms with van der Waals surface area (Å²) in [6.45, 7) is 3.16. The van der Waals surface area contributed by atoms with Crippen LogP contribution in [-0.2, 0) is 9.53 Å². The Bertz CT molecular complexity index is 1130. The summed E-state index contributed by atoms with van der Waals surface area (Å²) in [5.41, 5.74) is 3.93. The van der Waals surface area contributed by atoms with Crippen LogP contribution in [0, 0.1) is 5.92 Å². The van der Waals surface area contributed by atoms with Crippen molar-refractivity contribution in [1.29, 1.82) is 0 Å². The maximum absolute atomic E-state index is 12.9. The van der Waals surface area contributed by atoms with Gasteiger partial charge in [-0.3, -0.25) is 9.59 Å². The second kappa shape index (κ2) is 10.8. The second-order valence-electron chi connectivity index (χ2n) is 8.30. The van der Waals surface area contributed by atoms with Gasteiger partial charge in [-0.05, 0) is 67.3 Å². The van der Waals surface area contributed by atoms with Gasteiger partial charge in [-0.2, -0.15) is 0 Å². The Morgan fingerprint density at radius 2 is 1.41 bits per heavy atom. The summed E-state index contributed by atoms with van der Waals surface area (Å²) in [7, 11) is 0. The lowest BCUT2D eigenvalue weighted by Gasteiger charge is -2.31. The smallest absolute Gasteiger partial charge is 0.338 e. The number of amides is 2. The molecule has 1 aliphatic heterocycles. The average molecular weight is 457 g/mol. The van der Waals surface area contributed by atoms with Crippen molar-refractivity contribution in [1.82, 2.24) is 4.90 Å². The number of benzene rings is 3. The number of carbonyl (C=O) groups is 3. The minimum atomic E-state index is -0.382. The minimum absolute atomic E-state index is 0.00646.